The summed E-state index contributed by atoms with van der Waals surface area (Å²) in [6, 6.07) is 15.9. The van der Waals surface area contributed by atoms with E-state index in [1.165, 1.54) is 11.8 Å². The van der Waals surface area contributed by atoms with Gasteiger partial charge in [0, 0.05) is 16.6 Å². The van der Waals surface area contributed by atoms with E-state index in [2.05, 4.69) is 16.0 Å². The van der Waals surface area contributed by atoms with Gasteiger partial charge in [-0.2, -0.15) is 5.26 Å². The molecule has 2 aromatic rings. The standard InChI is InChI=1S/C21H20N4O3S/c22-11-14-4-3-5-16(10-14)25-20(27)13-29-18-7-2-1-6-17(18)21(28)23-12-19(26)24-15-8-9-15/h1-7,10,15H,8-9,12-13H2,(H,23,28)(H,24,26)(H,25,27). The zero-order valence-electron chi connectivity index (χ0n) is 15.6. The van der Waals surface area contributed by atoms with E-state index in [4.69, 9.17) is 5.26 Å². The summed E-state index contributed by atoms with van der Waals surface area (Å²) >= 11 is 1.23. The monoisotopic (exact) mass is 408 g/mol. The average Bonchev–Trinajstić information content (AvgIpc) is 3.54. The van der Waals surface area contributed by atoms with Crippen LogP contribution in [0.1, 0.15) is 28.8 Å². The molecule has 29 heavy (non-hydrogen) atoms. The maximum Gasteiger partial charge on any atom is 0.252 e. The van der Waals surface area contributed by atoms with Crippen molar-refractivity contribution < 1.29 is 14.4 Å². The molecule has 3 amide bonds. The summed E-state index contributed by atoms with van der Waals surface area (Å²) < 4.78 is 0. The van der Waals surface area contributed by atoms with Gasteiger partial charge in [0.1, 0.15) is 0 Å². The number of hydrogen-bond acceptors (Lipinski definition) is 5. The highest BCUT2D eigenvalue weighted by atomic mass is 32.2. The number of nitriles is 1. The fraction of sp³-hybridized carbons (Fsp3) is 0.238. The Labute approximate surface area is 172 Å². The van der Waals surface area contributed by atoms with E-state index in [9.17, 15) is 14.4 Å². The third-order valence-electron chi connectivity index (χ3n) is 4.12. The molecule has 0 heterocycles. The Bertz CT molecular complexity index is 966. The normalized spacial score (nSPS) is 12.5. The van der Waals surface area contributed by atoms with Crippen molar-refractivity contribution in [3.8, 4) is 6.07 Å². The molecule has 1 fully saturated rings. The number of thioether (sulfide) groups is 1. The van der Waals surface area contributed by atoms with Crippen molar-refractivity contribution in [2.75, 3.05) is 17.6 Å². The van der Waals surface area contributed by atoms with Crippen LogP contribution in [-0.4, -0.2) is 36.1 Å². The van der Waals surface area contributed by atoms with E-state index in [1.807, 2.05) is 6.07 Å². The van der Waals surface area contributed by atoms with Crippen LogP contribution in [0.25, 0.3) is 0 Å². The Morgan fingerprint density at radius 2 is 1.86 bits per heavy atom. The molecule has 7 nitrogen and oxygen atoms in total. The fourth-order valence-corrected chi connectivity index (χ4v) is 3.40. The van der Waals surface area contributed by atoms with Gasteiger partial charge in [-0.3, -0.25) is 14.4 Å². The molecule has 0 aromatic heterocycles. The van der Waals surface area contributed by atoms with Gasteiger partial charge in [-0.1, -0.05) is 18.2 Å². The smallest absolute Gasteiger partial charge is 0.252 e. The molecule has 2 aromatic carbocycles. The molecule has 8 heteroatoms. The van der Waals surface area contributed by atoms with Crippen molar-refractivity contribution in [1.82, 2.24) is 10.6 Å². The second-order valence-electron chi connectivity index (χ2n) is 6.55. The Balaban J connectivity index is 1.53. The molecule has 1 aliphatic carbocycles. The second kappa shape index (κ2) is 9.75. The summed E-state index contributed by atoms with van der Waals surface area (Å²) in [5.41, 5.74) is 1.42. The fourth-order valence-electron chi connectivity index (χ4n) is 2.55. The minimum absolute atomic E-state index is 0.0793. The molecule has 0 radical (unpaired) electrons. The third-order valence-corrected chi connectivity index (χ3v) is 5.19. The van der Waals surface area contributed by atoms with Gasteiger partial charge in [0.15, 0.2) is 0 Å². The summed E-state index contributed by atoms with van der Waals surface area (Å²) in [6.07, 6.45) is 1.98. The molecule has 0 unspecified atom stereocenters. The lowest BCUT2D eigenvalue weighted by Crippen LogP contribution is -2.38. The summed E-state index contributed by atoms with van der Waals surface area (Å²) in [5.74, 6) is -0.710. The van der Waals surface area contributed by atoms with Gasteiger partial charge >= 0.3 is 0 Å². The van der Waals surface area contributed by atoms with E-state index in [-0.39, 0.29) is 36.1 Å². The van der Waals surface area contributed by atoms with Crippen molar-refractivity contribution >= 4 is 35.2 Å². The first-order valence-corrected chi connectivity index (χ1v) is 10.1. The molecule has 3 rings (SSSR count). The molecule has 1 aliphatic rings. The number of nitrogens with one attached hydrogen (secondary N) is 3. The molecule has 3 N–H and O–H groups in total. The van der Waals surface area contributed by atoms with Gasteiger partial charge in [0.2, 0.25) is 11.8 Å². The van der Waals surface area contributed by atoms with Crippen molar-refractivity contribution in [3.05, 3.63) is 59.7 Å². The Hall–Kier alpha value is -3.31. The van der Waals surface area contributed by atoms with Gasteiger partial charge in [-0.15, -0.1) is 11.8 Å². The molecule has 0 spiro atoms. The maximum absolute atomic E-state index is 12.4. The zero-order chi connectivity index (χ0) is 20.6. The number of benzene rings is 2. The molecule has 0 saturated heterocycles. The van der Waals surface area contributed by atoms with Crippen LogP contribution in [0.2, 0.25) is 0 Å². The van der Waals surface area contributed by atoms with E-state index in [1.54, 1.807) is 48.5 Å². The number of anilines is 1. The van der Waals surface area contributed by atoms with Crippen molar-refractivity contribution in [1.29, 1.82) is 5.26 Å². The number of nitrogens with zero attached hydrogens (tertiary/aromatic N) is 1. The maximum atomic E-state index is 12.4. The lowest BCUT2D eigenvalue weighted by atomic mass is 10.2. The van der Waals surface area contributed by atoms with Crippen molar-refractivity contribution in [2.45, 2.75) is 23.8 Å². The second-order valence-corrected chi connectivity index (χ2v) is 7.57. The number of hydrogen-bond donors (Lipinski definition) is 3. The molecular weight excluding hydrogens is 388 g/mol. The van der Waals surface area contributed by atoms with E-state index >= 15 is 0 Å². The van der Waals surface area contributed by atoms with Crippen molar-refractivity contribution in [3.63, 3.8) is 0 Å². The van der Waals surface area contributed by atoms with Crippen LogP contribution in [0, 0.1) is 11.3 Å². The van der Waals surface area contributed by atoms with Crippen LogP contribution < -0.4 is 16.0 Å². The van der Waals surface area contributed by atoms with Crippen LogP contribution in [0.5, 0.6) is 0 Å². The Kier molecular flexibility index (Phi) is 6.87. The van der Waals surface area contributed by atoms with Gasteiger partial charge in [0.05, 0.1) is 29.5 Å². The molecule has 0 aliphatic heterocycles. The first kappa shape index (κ1) is 20.4. The summed E-state index contributed by atoms with van der Waals surface area (Å²) in [4.78, 5) is 37.1. The van der Waals surface area contributed by atoms with Crippen LogP contribution in [0.4, 0.5) is 5.69 Å². The molecule has 0 atom stereocenters. The lowest BCUT2D eigenvalue weighted by molar-refractivity contribution is -0.120. The highest BCUT2D eigenvalue weighted by Crippen LogP contribution is 2.23. The summed E-state index contributed by atoms with van der Waals surface area (Å²) in [6.45, 7) is -0.0793. The van der Waals surface area contributed by atoms with Crippen LogP contribution >= 0.6 is 11.8 Å². The van der Waals surface area contributed by atoms with E-state index in [0.717, 1.165) is 12.8 Å². The van der Waals surface area contributed by atoms with E-state index in [0.29, 0.717) is 21.7 Å². The molecule has 148 valence electrons. The summed E-state index contributed by atoms with van der Waals surface area (Å²) in [7, 11) is 0. The minimum Gasteiger partial charge on any atom is -0.352 e. The SMILES string of the molecule is N#Cc1cccc(NC(=O)CSc2ccccc2C(=O)NCC(=O)NC2CC2)c1. The topological polar surface area (TPSA) is 111 Å². The van der Waals surface area contributed by atoms with Gasteiger partial charge < -0.3 is 16.0 Å². The van der Waals surface area contributed by atoms with Gasteiger partial charge in [-0.05, 0) is 43.2 Å². The van der Waals surface area contributed by atoms with Gasteiger partial charge in [0.25, 0.3) is 5.91 Å². The van der Waals surface area contributed by atoms with Crippen LogP contribution in [-0.2, 0) is 9.59 Å². The van der Waals surface area contributed by atoms with Crippen LogP contribution in [0.3, 0.4) is 0 Å². The quantitative estimate of drug-likeness (QED) is 0.581. The first-order valence-electron chi connectivity index (χ1n) is 9.14. The number of amides is 3. The van der Waals surface area contributed by atoms with E-state index < -0.39 is 0 Å². The minimum atomic E-state index is -0.360. The van der Waals surface area contributed by atoms with Crippen molar-refractivity contribution in [2.24, 2.45) is 0 Å². The molecule has 1 saturated carbocycles. The lowest BCUT2D eigenvalue weighted by Gasteiger charge is -2.10. The highest BCUT2D eigenvalue weighted by molar-refractivity contribution is 8.00. The average molecular weight is 408 g/mol. The highest BCUT2D eigenvalue weighted by Gasteiger charge is 2.23. The number of carbonyl (C=O) groups excluding carboxylic acids is 3. The zero-order valence-corrected chi connectivity index (χ0v) is 16.4. The molecular formula is C21H20N4O3S. The van der Waals surface area contributed by atoms with Gasteiger partial charge in [-0.25, -0.2) is 0 Å². The summed E-state index contributed by atoms with van der Waals surface area (Å²) in [5, 5.41) is 17.1. The Morgan fingerprint density at radius 1 is 1.07 bits per heavy atom. The third kappa shape index (κ3) is 6.36. The van der Waals surface area contributed by atoms with Crippen LogP contribution in [0.15, 0.2) is 53.4 Å². The predicted octanol–water partition coefficient (Wildman–Crippen LogP) is 2.30. The first-order chi connectivity index (χ1) is 14.0. The molecule has 0 bridgehead atoms. The number of carbonyl (C=O) groups is 3. The largest absolute Gasteiger partial charge is 0.352 e. The number of rotatable bonds is 8. The predicted molar refractivity (Wildman–Crippen MR) is 110 cm³/mol. The Morgan fingerprint density at radius 3 is 2.62 bits per heavy atom.